The van der Waals surface area contributed by atoms with Crippen LogP contribution in [0, 0.1) is 0 Å². The number of carbonyl (C=O) groups is 1. The summed E-state index contributed by atoms with van der Waals surface area (Å²) in [5, 5.41) is 9.81. The zero-order valence-corrected chi connectivity index (χ0v) is 17.2. The van der Waals surface area contributed by atoms with Crippen molar-refractivity contribution in [2.75, 3.05) is 7.11 Å². The van der Waals surface area contributed by atoms with Crippen LogP contribution >= 0.6 is 0 Å². The van der Waals surface area contributed by atoms with Crippen LogP contribution in [0.4, 0.5) is 0 Å². The highest BCUT2D eigenvalue weighted by Crippen LogP contribution is 2.51. The van der Waals surface area contributed by atoms with Crippen LogP contribution in [0.15, 0.2) is 48.5 Å². The minimum absolute atomic E-state index is 0.0290. The molecule has 3 atom stereocenters. The fourth-order valence-corrected chi connectivity index (χ4v) is 5.40. The monoisotopic (exact) mass is 433 g/mol. The number of aliphatic carboxylic acids is 1. The predicted molar refractivity (Wildman–Crippen MR) is 108 cm³/mol. The summed E-state index contributed by atoms with van der Waals surface area (Å²) in [6.45, 7) is 0. The molecule has 8 nitrogen and oxygen atoms in total. The number of methoxy groups -OCH3 is 1. The number of ether oxygens (including phenoxy) is 3. The van der Waals surface area contributed by atoms with Gasteiger partial charge in [-0.1, -0.05) is 42.5 Å². The Labute approximate surface area is 174 Å². The molecule has 1 aliphatic heterocycles. The van der Waals surface area contributed by atoms with Gasteiger partial charge in [0.2, 0.25) is 10.0 Å². The molecule has 0 amide bonds. The number of hydrogen-bond acceptors (Lipinski definition) is 6. The number of carboxylic acids is 1. The molecule has 0 saturated heterocycles. The van der Waals surface area contributed by atoms with Gasteiger partial charge in [-0.3, -0.25) is 0 Å². The first-order chi connectivity index (χ1) is 14.3. The SMILES string of the molecule is COC(NS(=O)(=O)Cc1ccccc1)(Oc1cccc2c1OC1CCCC21)C(=O)O. The van der Waals surface area contributed by atoms with Gasteiger partial charge in [-0.15, -0.1) is 4.72 Å². The first kappa shape index (κ1) is 20.6. The van der Waals surface area contributed by atoms with E-state index in [4.69, 9.17) is 14.2 Å². The van der Waals surface area contributed by atoms with Crippen LogP contribution in [0.25, 0.3) is 0 Å². The zero-order chi connectivity index (χ0) is 21.4. The quantitative estimate of drug-likeness (QED) is 0.616. The fourth-order valence-electron chi connectivity index (χ4n) is 4.07. The van der Waals surface area contributed by atoms with Gasteiger partial charge in [0.25, 0.3) is 0 Å². The lowest BCUT2D eigenvalue weighted by Gasteiger charge is -2.29. The van der Waals surface area contributed by atoms with Crippen LogP contribution in [0.3, 0.4) is 0 Å². The number of para-hydroxylation sites is 1. The van der Waals surface area contributed by atoms with Gasteiger partial charge < -0.3 is 19.3 Å². The van der Waals surface area contributed by atoms with Crippen molar-refractivity contribution in [2.24, 2.45) is 0 Å². The van der Waals surface area contributed by atoms with Gasteiger partial charge in [-0.05, 0) is 30.9 Å². The number of hydrogen-bond donors (Lipinski definition) is 2. The van der Waals surface area contributed by atoms with Crippen LogP contribution in [0.5, 0.6) is 11.5 Å². The summed E-state index contributed by atoms with van der Waals surface area (Å²) in [4.78, 5) is 12.1. The summed E-state index contributed by atoms with van der Waals surface area (Å²) < 4.78 is 44.2. The normalized spacial score (nSPS) is 21.9. The Morgan fingerprint density at radius 2 is 1.97 bits per heavy atom. The van der Waals surface area contributed by atoms with E-state index in [0.29, 0.717) is 11.3 Å². The maximum atomic E-state index is 12.7. The second-order valence-electron chi connectivity index (χ2n) is 7.44. The summed E-state index contributed by atoms with van der Waals surface area (Å²) >= 11 is 0. The maximum Gasteiger partial charge on any atom is 0.396 e. The summed E-state index contributed by atoms with van der Waals surface area (Å²) in [6.07, 6.45) is 2.99. The Kier molecular flexibility index (Phi) is 5.44. The molecular weight excluding hydrogens is 410 g/mol. The van der Waals surface area contributed by atoms with Crippen LogP contribution < -0.4 is 14.2 Å². The molecule has 0 aromatic heterocycles. The summed E-state index contributed by atoms with van der Waals surface area (Å²) in [6, 6.07) is 13.6. The molecule has 1 fully saturated rings. The van der Waals surface area contributed by atoms with Gasteiger partial charge in [0.05, 0.1) is 5.75 Å². The van der Waals surface area contributed by atoms with Crippen molar-refractivity contribution in [2.45, 2.75) is 42.9 Å². The molecule has 9 heteroatoms. The molecule has 1 saturated carbocycles. The summed E-state index contributed by atoms with van der Waals surface area (Å²) in [7, 11) is -3.05. The Morgan fingerprint density at radius 3 is 2.67 bits per heavy atom. The highest BCUT2D eigenvalue weighted by molar-refractivity contribution is 7.88. The Morgan fingerprint density at radius 1 is 1.20 bits per heavy atom. The highest BCUT2D eigenvalue weighted by Gasteiger charge is 2.48. The lowest BCUT2D eigenvalue weighted by molar-refractivity contribution is -0.207. The minimum Gasteiger partial charge on any atom is -0.486 e. The second-order valence-corrected chi connectivity index (χ2v) is 9.17. The smallest absolute Gasteiger partial charge is 0.396 e. The number of fused-ring (bicyclic) bond motifs is 3. The molecule has 0 bridgehead atoms. The van der Waals surface area contributed by atoms with E-state index in [-0.39, 0.29) is 17.8 Å². The van der Waals surface area contributed by atoms with Gasteiger partial charge in [-0.25, -0.2) is 13.2 Å². The Balaban J connectivity index is 1.63. The Hall–Kier alpha value is -2.62. The van der Waals surface area contributed by atoms with Crippen LogP contribution in [0.1, 0.15) is 36.3 Å². The third-order valence-corrected chi connectivity index (χ3v) is 6.74. The van der Waals surface area contributed by atoms with E-state index >= 15 is 0 Å². The van der Waals surface area contributed by atoms with Gasteiger partial charge in [-0.2, -0.15) is 0 Å². The lowest BCUT2D eigenvalue weighted by Crippen LogP contribution is -2.60. The molecule has 2 aliphatic rings. The molecule has 0 spiro atoms. The van der Waals surface area contributed by atoms with E-state index in [0.717, 1.165) is 31.9 Å². The van der Waals surface area contributed by atoms with Crippen molar-refractivity contribution in [3.05, 3.63) is 59.7 Å². The van der Waals surface area contributed by atoms with Crippen LogP contribution in [-0.4, -0.2) is 38.6 Å². The average Bonchev–Trinajstić information content (AvgIpc) is 3.29. The van der Waals surface area contributed by atoms with E-state index in [1.165, 1.54) is 0 Å². The van der Waals surface area contributed by atoms with Gasteiger partial charge in [0.1, 0.15) is 6.10 Å². The minimum atomic E-state index is -4.12. The average molecular weight is 433 g/mol. The van der Waals surface area contributed by atoms with Crippen molar-refractivity contribution >= 4 is 16.0 Å². The molecular formula is C21H23NO7S. The lowest BCUT2D eigenvalue weighted by atomic mass is 9.97. The van der Waals surface area contributed by atoms with Crippen molar-refractivity contribution in [3.63, 3.8) is 0 Å². The maximum absolute atomic E-state index is 12.7. The molecule has 4 rings (SSSR count). The van der Waals surface area contributed by atoms with Crippen LogP contribution in [-0.2, 0) is 25.3 Å². The fraction of sp³-hybridized carbons (Fsp3) is 0.381. The van der Waals surface area contributed by atoms with E-state index < -0.39 is 27.7 Å². The molecule has 30 heavy (non-hydrogen) atoms. The van der Waals surface area contributed by atoms with Gasteiger partial charge in [0.15, 0.2) is 11.5 Å². The number of nitrogens with one attached hydrogen (secondary N) is 1. The molecule has 2 aromatic carbocycles. The second kappa shape index (κ2) is 7.90. The zero-order valence-electron chi connectivity index (χ0n) is 16.4. The standard InChI is InChI=1S/C21H23NO7S/c1-27-21(20(23)24,22-30(25,26)13-14-7-3-2-4-8-14)29-18-12-6-10-16-15-9-5-11-17(15)28-19(16)18/h2-4,6-8,10,12,15,17,22H,5,9,11,13H2,1H3,(H,23,24). The molecule has 2 aromatic rings. The molecule has 1 aliphatic carbocycles. The third-order valence-electron chi connectivity index (χ3n) is 5.44. The van der Waals surface area contributed by atoms with Crippen molar-refractivity contribution < 1.29 is 32.5 Å². The third kappa shape index (κ3) is 3.88. The van der Waals surface area contributed by atoms with Crippen LogP contribution in [0.2, 0.25) is 0 Å². The van der Waals surface area contributed by atoms with E-state index in [2.05, 4.69) is 4.72 Å². The molecule has 3 unspecified atom stereocenters. The first-order valence-electron chi connectivity index (χ1n) is 9.66. The molecule has 2 N–H and O–H groups in total. The summed E-state index contributed by atoms with van der Waals surface area (Å²) in [5.74, 6) is -3.89. The topological polar surface area (TPSA) is 111 Å². The van der Waals surface area contributed by atoms with E-state index in [9.17, 15) is 18.3 Å². The van der Waals surface area contributed by atoms with E-state index in [1.807, 2.05) is 6.07 Å². The number of carboxylic acid groups (broad SMARTS) is 1. The van der Waals surface area contributed by atoms with Crippen molar-refractivity contribution in [1.29, 1.82) is 0 Å². The summed E-state index contributed by atoms with van der Waals surface area (Å²) in [5.41, 5.74) is 1.44. The number of rotatable bonds is 8. The molecule has 0 radical (unpaired) electrons. The van der Waals surface area contributed by atoms with Crippen molar-refractivity contribution in [1.82, 2.24) is 4.72 Å². The van der Waals surface area contributed by atoms with Gasteiger partial charge >= 0.3 is 11.9 Å². The van der Waals surface area contributed by atoms with Gasteiger partial charge in [0, 0.05) is 18.6 Å². The number of benzene rings is 2. The first-order valence-corrected chi connectivity index (χ1v) is 11.3. The Bertz CT molecular complexity index is 1040. The highest BCUT2D eigenvalue weighted by atomic mass is 32.2. The van der Waals surface area contributed by atoms with E-state index in [1.54, 1.807) is 42.5 Å². The largest absolute Gasteiger partial charge is 0.486 e. The molecule has 160 valence electrons. The van der Waals surface area contributed by atoms with Crippen molar-refractivity contribution in [3.8, 4) is 11.5 Å². The predicted octanol–water partition coefficient (Wildman–Crippen LogP) is 2.60. The molecule has 1 heterocycles. The number of sulfonamides is 1.